The summed E-state index contributed by atoms with van der Waals surface area (Å²) in [5.74, 6) is 0.565. The van der Waals surface area contributed by atoms with E-state index in [2.05, 4.69) is 20.2 Å². The maximum atomic E-state index is 12.8. The zero-order chi connectivity index (χ0) is 21.3. The molecule has 8 nitrogen and oxygen atoms in total. The van der Waals surface area contributed by atoms with E-state index in [9.17, 15) is 13.2 Å². The van der Waals surface area contributed by atoms with Crippen LogP contribution in [0.5, 0.6) is 5.75 Å². The molecule has 3 N–H and O–H groups in total. The summed E-state index contributed by atoms with van der Waals surface area (Å²) in [6.07, 6.45) is 1.68. The number of sulfonamides is 1. The van der Waals surface area contributed by atoms with Crippen molar-refractivity contribution in [2.75, 3.05) is 12.4 Å². The lowest BCUT2D eigenvalue weighted by Gasteiger charge is -2.10. The Morgan fingerprint density at radius 1 is 1.17 bits per heavy atom. The van der Waals surface area contributed by atoms with Crippen LogP contribution in [-0.4, -0.2) is 37.7 Å². The van der Waals surface area contributed by atoms with Crippen molar-refractivity contribution in [3.63, 3.8) is 0 Å². The fraction of sp³-hybridized carbons (Fsp3) is 0.238. The molecule has 0 unspecified atom stereocenters. The number of anilines is 1. The average Bonchev–Trinajstić information content (AvgIpc) is 3.41. The maximum absolute atomic E-state index is 12.8. The van der Waals surface area contributed by atoms with E-state index in [-0.39, 0.29) is 16.5 Å². The molecule has 0 aliphatic heterocycles. The van der Waals surface area contributed by atoms with Gasteiger partial charge in [-0.15, -0.1) is 0 Å². The molecule has 0 atom stereocenters. The third-order valence-electron chi connectivity index (χ3n) is 4.88. The predicted octanol–water partition coefficient (Wildman–Crippen LogP) is 3.09. The lowest BCUT2D eigenvalue weighted by molar-refractivity contribution is 0.102. The molecule has 0 radical (unpaired) electrons. The van der Waals surface area contributed by atoms with Crippen molar-refractivity contribution in [3.8, 4) is 17.0 Å². The van der Waals surface area contributed by atoms with E-state index in [1.807, 2.05) is 24.3 Å². The van der Waals surface area contributed by atoms with Gasteiger partial charge in [-0.1, -0.05) is 18.2 Å². The smallest absolute Gasteiger partial charge is 0.257 e. The Kier molecular flexibility index (Phi) is 5.31. The molecule has 4 rings (SSSR count). The second-order valence-electron chi connectivity index (χ2n) is 7.19. The lowest BCUT2D eigenvalue weighted by Crippen LogP contribution is -2.26. The van der Waals surface area contributed by atoms with E-state index >= 15 is 0 Å². The number of benzene rings is 2. The van der Waals surface area contributed by atoms with Crippen molar-refractivity contribution in [1.29, 1.82) is 0 Å². The Labute approximate surface area is 174 Å². The number of carbonyl (C=O) groups excluding carboxylic acids is 1. The highest BCUT2D eigenvalue weighted by Gasteiger charge is 2.28. The van der Waals surface area contributed by atoms with E-state index in [0.717, 1.165) is 18.4 Å². The van der Waals surface area contributed by atoms with Gasteiger partial charge in [0.1, 0.15) is 5.75 Å². The van der Waals surface area contributed by atoms with E-state index < -0.39 is 15.9 Å². The fourth-order valence-electron chi connectivity index (χ4n) is 3.08. The molecule has 1 saturated carbocycles. The summed E-state index contributed by atoms with van der Waals surface area (Å²) in [4.78, 5) is 12.9. The van der Waals surface area contributed by atoms with Crippen molar-refractivity contribution >= 4 is 21.7 Å². The molecule has 0 spiro atoms. The standard InChI is InChI=1S/C21H22N4O4S/c1-13-7-10-15(30(27,28)25-14-8-9-14)11-17(13)21(26)22-20-12-18(23-24-20)16-5-3-4-6-19(16)29-2/h3-7,10-12,14,25H,8-9H2,1-2H3,(H2,22,23,24,26). The Morgan fingerprint density at radius 3 is 2.67 bits per heavy atom. The van der Waals surface area contributed by atoms with Gasteiger partial charge in [-0.25, -0.2) is 13.1 Å². The monoisotopic (exact) mass is 426 g/mol. The van der Waals surface area contributed by atoms with Crippen molar-refractivity contribution in [1.82, 2.24) is 14.9 Å². The van der Waals surface area contributed by atoms with Crippen LogP contribution in [0.15, 0.2) is 53.4 Å². The Hall–Kier alpha value is -3.17. The first-order chi connectivity index (χ1) is 14.4. The Balaban J connectivity index is 1.56. The summed E-state index contributed by atoms with van der Waals surface area (Å²) < 4.78 is 32.9. The van der Waals surface area contributed by atoms with Gasteiger partial charge in [0.2, 0.25) is 10.0 Å². The number of aryl methyl sites for hydroxylation is 1. The van der Waals surface area contributed by atoms with Gasteiger partial charge >= 0.3 is 0 Å². The summed E-state index contributed by atoms with van der Waals surface area (Å²) in [7, 11) is -2.06. The molecule has 1 aliphatic rings. The first kappa shape index (κ1) is 20.1. The maximum Gasteiger partial charge on any atom is 0.257 e. The van der Waals surface area contributed by atoms with Gasteiger partial charge in [-0.3, -0.25) is 9.89 Å². The SMILES string of the molecule is COc1ccccc1-c1cc(NC(=O)c2cc(S(=O)(=O)NC3CC3)ccc2C)n[nH]1. The van der Waals surface area contributed by atoms with Crippen LogP contribution in [0.25, 0.3) is 11.3 Å². The number of nitrogens with one attached hydrogen (secondary N) is 3. The molecular weight excluding hydrogens is 404 g/mol. The first-order valence-electron chi connectivity index (χ1n) is 9.50. The first-order valence-corrected chi connectivity index (χ1v) is 11.0. The highest BCUT2D eigenvalue weighted by Crippen LogP contribution is 2.29. The van der Waals surface area contributed by atoms with E-state index in [1.54, 1.807) is 26.2 Å². The van der Waals surface area contributed by atoms with Crippen LogP contribution in [0.4, 0.5) is 5.82 Å². The minimum absolute atomic E-state index is 0.00830. The number of methoxy groups -OCH3 is 1. The number of aromatic nitrogens is 2. The summed E-state index contributed by atoms with van der Waals surface area (Å²) >= 11 is 0. The number of rotatable bonds is 7. The fourth-order valence-corrected chi connectivity index (χ4v) is 4.41. The van der Waals surface area contributed by atoms with Gasteiger partial charge < -0.3 is 10.1 Å². The molecule has 2 aromatic carbocycles. The van der Waals surface area contributed by atoms with Crippen molar-refractivity contribution < 1.29 is 17.9 Å². The summed E-state index contributed by atoms with van der Waals surface area (Å²) in [5, 5.41) is 9.74. The van der Waals surface area contributed by atoms with Gasteiger partial charge in [0.05, 0.1) is 17.7 Å². The summed E-state index contributed by atoms with van der Waals surface area (Å²) in [5.41, 5.74) is 2.43. The number of hydrogen-bond acceptors (Lipinski definition) is 5. The molecule has 30 heavy (non-hydrogen) atoms. The van der Waals surface area contributed by atoms with Crippen LogP contribution in [0.2, 0.25) is 0 Å². The van der Waals surface area contributed by atoms with Crippen LogP contribution in [0, 0.1) is 6.92 Å². The van der Waals surface area contributed by atoms with E-state index in [0.29, 0.717) is 22.8 Å². The van der Waals surface area contributed by atoms with Crippen LogP contribution in [-0.2, 0) is 10.0 Å². The number of para-hydroxylation sites is 1. The minimum atomic E-state index is -3.65. The minimum Gasteiger partial charge on any atom is -0.496 e. The second-order valence-corrected chi connectivity index (χ2v) is 8.91. The van der Waals surface area contributed by atoms with Crippen LogP contribution in [0.3, 0.4) is 0 Å². The van der Waals surface area contributed by atoms with E-state index in [1.165, 1.54) is 12.1 Å². The van der Waals surface area contributed by atoms with Crippen LogP contribution >= 0.6 is 0 Å². The molecule has 0 saturated heterocycles. The number of ether oxygens (including phenoxy) is 1. The molecule has 1 aromatic heterocycles. The molecule has 1 heterocycles. The predicted molar refractivity (Wildman–Crippen MR) is 113 cm³/mol. The molecule has 9 heteroatoms. The average molecular weight is 426 g/mol. The Morgan fingerprint density at radius 2 is 1.93 bits per heavy atom. The number of nitrogens with zero attached hydrogens (tertiary/aromatic N) is 1. The van der Waals surface area contributed by atoms with Gasteiger partial charge in [0.15, 0.2) is 5.82 Å². The van der Waals surface area contributed by atoms with Crippen molar-refractivity contribution in [3.05, 3.63) is 59.7 Å². The number of hydrogen-bond donors (Lipinski definition) is 3. The molecule has 156 valence electrons. The molecule has 3 aromatic rings. The number of amides is 1. The second kappa shape index (κ2) is 7.92. The summed E-state index contributed by atoms with van der Waals surface area (Å²) in [6, 6.07) is 13.7. The van der Waals surface area contributed by atoms with Crippen LogP contribution in [0.1, 0.15) is 28.8 Å². The van der Waals surface area contributed by atoms with Gasteiger partial charge in [0, 0.05) is 23.2 Å². The van der Waals surface area contributed by atoms with Gasteiger partial charge in [-0.05, 0) is 49.6 Å². The van der Waals surface area contributed by atoms with Gasteiger partial charge in [-0.2, -0.15) is 5.10 Å². The number of carbonyl (C=O) groups is 1. The third kappa shape index (κ3) is 4.22. The molecule has 1 aliphatic carbocycles. The molecule has 1 amide bonds. The molecule has 0 bridgehead atoms. The van der Waals surface area contributed by atoms with Crippen LogP contribution < -0.4 is 14.8 Å². The van der Waals surface area contributed by atoms with Gasteiger partial charge in [0.25, 0.3) is 5.91 Å². The van der Waals surface area contributed by atoms with Crippen molar-refractivity contribution in [2.45, 2.75) is 30.7 Å². The summed E-state index contributed by atoms with van der Waals surface area (Å²) in [6.45, 7) is 1.75. The molecule has 1 fully saturated rings. The highest BCUT2D eigenvalue weighted by molar-refractivity contribution is 7.89. The molecular formula is C21H22N4O4S. The quantitative estimate of drug-likeness (QED) is 0.537. The van der Waals surface area contributed by atoms with Crippen molar-refractivity contribution in [2.24, 2.45) is 0 Å². The largest absolute Gasteiger partial charge is 0.496 e. The Bertz CT molecular complexity index is 1200. The van der Waals surface area contributed by atoms with E-state index in [4.69, 9.17) is 4.74 Å². The highest BCUT2D eigenvalue weighted by atomic mass is 32.2. The number of H-pyrrole nitrogens is 1. The topological polar surface area (TPSA) is 113 Å². The zero-order valence-corrected chi connectivity index (χ0v) is 17.4. The lowest BCUT2D eigenvalue weighted by atomic mass is 10.1. The third-order valence-corrected chi connectivity index (χ3v) is 6.40. The normalized spacial score (nSPS) is 13.8. The number of aromatic amines is 1. The zero-order valence-electron chi connectivity index (χ0n) is 16.6.